The number of nitrogens with zero attached hydrogens (tertiary/aromatic N) is 2. The molecule has 0 radical (unpaired) electrons. The van der Waals surface area contributed by atoms with Gasteiger partial charge in [0.1, 0.15) is 5.75 Å². The third kappa shape index (κ3) is 2.28. The molecule has 0 fully saturated rings. The molecule has 0 aliphatic rings. The van der Waals surface area contributed by atoms with Gasteiger partial charge in [0.25, 0.3) is 0 Å². The summed E-state index contributed by atoms with van der Waals surface area (Å²) in [5.41, 5.74) is 8.21. The smallest absolute Gasteiger partial charge is 0.322 e. The van der Waals surface area contributed by atoms with Crippen molar-refractivity contribution in [1.82, 2.24) is 9.97 Å². The maximum Gasteiger partial charge on any atom is 0.322 e. The van der Waals surface area contributed by atoms with Gasteiger partial charge in [-0.05, 0) is 43.7 Å². The zero-order valence-corrected chi connectivity index (χ0v) is 9.27. The van der Waals surface area contributed by atoms with Crippen LogP contribution in [0.4, 0.5) is 5.69 Å². The second-order valence-electron chi connectivity index (χ2n) is 3.61. The Bertz CT molecular complexity index is 511. The van der Waals surface area contributed by atoms with E-state index >= 15 is 0 Å². The Labute approximate surface area is 94.1 Å². The maximum atomic E-state index is 5.66. The quantitative estimate of drug-likeness (QED) is 0.782. The molecule has 2 rings (SSSR count). The molecule has 0 bridgehead atoms. The van der Waals surface area contributed by atoms with Crippen molar-refractivity contribution in [2.75, 3.05) is 5.73 Å². The molecule has 0 spiro atoms. The Morgan fingerprint density at radius 3 is 2.69 bits per heavy atom. The summed E-state index contributed by atoms with van der Waals surface area (Å²) < 4.78 is 5.57. The molecule has 0 atom stereocenters. The summed E-state index contributed by atoms with van der Waals surface area (Å²) in [6, 6.07) is 7.63. The summed E-state index contributed by atoms with van der Waals surface area (Å²) in [4.78, 5) is 8.20. The average molecular weight is 215 g/mol. The summed E-state index contributed by atoms with van der Waals surface area (Å²) in [5.74, 6) is 0.722. The average Bonchev–Trinajstić information content (AvgIpc) is 2.22. The first-order valence-electron chi connectivity index (χ1n) is 4.99. The minimum absolute atomic E-state index is 0.355. The lowest BCUT2D eigenvalue weighted by atomic mass is 10.2. The number of ether oxygens (including phenoxy) is 1. The normalized spacial score (nSPS) is 10.1. The highest BCUT2D eigenvalue weighted by molar-refractivity contribution is 5.47. The maximum absolute atomic E-state index is 5.66. The molecular weight excluding hydrogens is 202 g/mol. The first-order valence-corrected chi connectivity index (χ1v) is 4.99. The largest absolute Gasteiger partial charge is 0.424 e. The molecule has 2 N–H and O–H groups in total. The van der Waals surface area contributed by atoms with Crippen LogP contribution in [0.2, 0.25) is 0 Å². The van der Waals surface area contributed by atoms with Crippen molar-refractivity contribution in [3.8, 4) is 11.8 Å². The summed E-state index contributed by atoms with van der Waals surface area (Å²) >= 11 is 0. The molecule has 0 aliphatic heterocycles. The number of benzene rings is 1. The molecule has 4 nitrogen and oxygen atoms in total. The molecule has 1 heterocycles. The Morgan fingerprint density at radius 2 is 2.00 bits per heavy atom. The van der Waals surface area contributed by atoms with Crippen LogP contribution in [0.5, 0.6) is 11.8 Å². The Hall–Kier alpha value is -2.10. The van der Waals surface area contributed by atoms with Crippen molar-refractivity contribution in [3.63, 3.8) is 0 Å². The highest BCUT2D eigenvalue weighted by Gasteiger charge is 2.03. The summed E-state index contributed by atoms with van der Waals surface area (Å²) in [6.07, 6.45) is 1.67. The standard InChI is InChI=1S/C12H13N3O/c1-8-7-10(13)3-4-11(8)16-12-14-6-5-9(2)15-12/h3-7H,13H2,1-2H3. The lowest BCUT2D eigenvalue weighted by molar-refractivity contribution is 0.437. The van der Waals surface area contributed by atoms with Gasteiger partial charge in [-0.3, -0.25) is 0 Å². The molecule has 0 aliphatic carbocycles. The molecule has 2 aromatic rings. The van der Waals surface area contributed by atoms with E-state index in [0.717, 1.165) is 22.7 Å². The summed E-state index contributed by atoms with van der Waals surface area (Å²) in [5, 5.41) is 0. The molecule has 0 saturated heterocycles. The zero-order chi connectivity index (χ0) is 11.5. The van der Waals surface area contributed by atoms with Crippen LogP contribution in [0.3, 0.4) is 0 Å². The number of nitrogens with two attached hydrogens (primary N) is 1. The van der Waals surface area contributed by atoms with Crippen LogP contribution < -0.4 is 10.5 Å². The van der Waals surface area contributed by atoms with Crippen LogP contribution in [0.15, 0.2) is 30.5 Å². The van der Waals surface area contributed by atoms with Gasteiger partial charge in [0.05, 0.1) is 0 Å². The third-order valence-corrected chi connectivity index (χ3v) is 2.17. The van der Waals surface area contributed by atoms with Crippen LogP contribution in [-0.2, 0) is 0 Å². The van der Waals surface area contributed by atoms with Gasteiger partial charge < -0.3 is 10.5 Å². The predicted molar refractivity (Wildman–Crippen MR) is 62.4 cm³/mol. The van der Waals surface area contributed by atoms with Crippen molar-refractivity contribution >= 4 is 5.69 Å². The Morgan fingerprint density at radius 1 is 1.19 bits per heavy atom. The highest BCUT2D eigenvalue weighted by Crippen LogP contribution is 2.24. The fourth-order valence-corrected chi connectivity index (χ4v) is 1.36. The van der Waals surface area contributed by atoms with E-state index in [1.807, 2.05) is 32.0 Å². The van der Waals surface area contributed by atoms with E-state index in [1.54, 1.807) is 12.3 Å². The van der Waals surface area contributed by atoms with Crippen molar-refractivity contribution in [1.29, 1.82) is 0 Å². The van der Waals surface area contributed by atoms with Crippen molar-refractivity contribution < 1.29 is 4.74 Å². The lowest BCUT2D eigenvalue weighted by Gasteiger charge is -2.07. The van der Waals surface area contributed by atoms with Gasteiger partial charge in [0, 0.05) is 17.6 Å². The molecule has 0 saturated carbocycles. The van der Waals surface area contributed by atoms with Crippen LogP contribution in [0.1, 0.15) is 11.3 Å². The Kier molecular flexibility index (Phi) is 2.72. The fraction of sp³-hybridized carbons (Fsp3) is 0.167. The number of anilines is 1. The number of hydrogen-bond acceptors (Lipinski definition) is 4. The van der Waals surface area contributed by atoms with Crippen molar-refractivity contribution in [3.05, 3.63) is 41.7 Å². The van der Waals surface area contributed by atoms with E-state index in [1.165, 1.54) is 0 Å². The van der Waals surface area contributed by atoms with Crippen LogP contribution in [-0.4, -0.2) is 9.97 Å². The molecule has 16 heavy (non-hydrogen) atoms. The predicted octanol–water partition coefficient (Wildman–Crippen LogP) is 2.47. The van der Waals surface area contributed by atoms with E-state index < -0.39 is 0 Å². The van der Waals surface area contributed by atoms with Gasteiger partial charge in [-0.25, -0.2) is 9.97 Å². The number of nitrogen functional groups attached to an aromatic ring is 1. The van der Waals surface area contributed by atoms with Crippen LogP contribution >= 0.6 is 0 Å². The van der Waals surface area contributed by atoms with Gasteiger partial charge in [-0.15, -0.1) is 0 Å². The summed E-state index contributed by atoms with van der Waals surface area (Å²) in [6.45, 7) is 3.83. The molecule has 0 unspecified atom stereocenters. The summed E-state index contributed by atoms with van der Waals surface area (Å²) in [7, 11) is 0. The molecule has 4 heteroatoms. The van der Waals surface area contributed by atoms with Gasteiger partial charge in [-0.2, -0.15) is 0 Å². The minimum atomic E-state index is 0.355. The van der Waals surface area contributed by atoms with Crippen molar-refractivity contribution in [2.24, 2.45) is 0 Å². The van der Waals surface area contributed by atoms with E-state index in [-0.39, 0.29) is 0 Å². The number of aromatic nitrogens is 2. The van der Waals surface area contributed by atoms with Gasteiger partial charge in [0.2, 0.25) is 0 Å². The second-order valence-corrected chi connectivity index (χ2v) is 3.61. The first kappa shape index (κ1) is 10.4. The zero-order valence-electron chi connectivity index (χ0n) is 9.27. The topological polar surface area (TPSA) is 61.0 Å². The van der Waals surface area contributed by atoms with Crippen molar-refractivity contribution in [2.45, 2.75) is 13.8 Å². The third-order valence-electron chi connectivity index (χ3n) is 2.17. The lowest BCUT2D eigenvalue weighted by Crippen LogP contribution is -1.95. The Balaban J connectivity index is 2.27. The van der Waals surface area contributed by atoms with Gasteiger partial charge in [-0.1, -0.05) is 0 Å². The monoisotopic (exact) mass is 215 g/mol. The molecule has 1 aromatic carbocycles. The fourth-order valence-electron chi connectivity index (χ4n) is 1.36. The second kappa shape index (κ2) is 4.18. The van der Waals surface area contributed by atoms with E-state index in [0.29, 0.717) is 6.01 Å². The number of rotatable bonds is 2. The van der Waals surface area contributed by atoms with Crippen LogP contribution in [0, 0.1) is 13.8 Å². The molecule has 1 aromatic heterocycles. The van der Waals surface area contributed by atoms with E-state index in [2.05, 4.69) is 9.97 Å². The minimum Gasteiger partial charge on any atom is -0.424 e. The number of aryl methyl sites for hydroxylation is 2. The molecule has 0 amide bonds. The molecular formula is C12H13N3O. The highest BCUT2D eigenvalue weighted by atomic mass is 16.5. The SMILES string of the molecule is Cc1ccnc(Oc2ccc(N)cc2C)n1. The first-order chi connectivity index (χ1) is 7.65. The van der Waals surface area contributed by atoms with E-state index in [9.17, 15) is 0 Å². The van der Waals surface area contributed by atoms with E-state index in [4.69, 9.17) is 10.5 Å². The van der Waals surface area contributed by atoms with Crippen LogP contribution in [0.25, 0.3) is 0 Å². The molecule has 82 valence electrons. The number of hydrogen-bond donors (Lipinski definition) is 1. The van der Waals surface area contributed by atoms with Gasteiger partial charge >= 0.3 is 6.01 Å². The van der Waals surface area contributed by atoms with Gasteiger partial charge in [0.15, 0.2) is 0 Å².